The maximum atomic E-state index is 12.7. The number of carbonyl (C=O) groups excluding carboxylic acids is 3. The molecule has 0 spiro atoms. The summed E-state index contributed by atoms with van der Waals surface area (Å²) in [6.07, 6.45) is 5.57. The van der Waals surface area contributed by atoms with Gasteiger partial charge in [-0.15, -0.1) is 6.42 Å². The van der Waals surface area contributed by atoms with Crippen LogP contribution in [0.25, 0.3) is 0 Å². The zero-order valence-electron chi connectivity index (χ0n) is 14.4. The Morgan fingerprint density at radius 2 is 2.00 bits per heavy atom. The topological polar surface area (TPSA) is 72.9 Å². The van der Waals surface area contributed by atoms with Crippen LogP contribution < -0.4 is 0 Å². The lowest BCUT2D eigenvalue weighted by Gasteiger charge is -2.25. The van der Waals surface area contributed by atoms with Gasteiger partial charge in [-0.25, -0.2) is 4.79 Å². The first-order valence-electron chi connectivity index (χ1n) is 8.24. The van der Waals surface area contributed by atoms with Gasteiger partial charge in [0.2, 0.25) is 0 Å². The molecule has 0 saturated carbocycles. The molecule has 0 bridgehead atoms. The van der Waals surface area contributed by atoms with Crippen molar-refractivity contribution in [2.24, 2.45) is 0 Å². The molecule has 1 aromatic rings. The van der Waals surface area contributed by atoms with Crippen LogP contribution in [-0.2, 0) is 25.6 Å². The molecule has 6 heteroatoms. The van der Waals surface area contributed by atoms with Crippen LogP contribution in [0.3, 0.4) is 0 Å². The quantitative estimate of drug-likeness (QED) is 0.558. The first-order valence-corrected chi connectivity index (χ1v) is 8.24. The van der Waals surface area contributed by atoms with Crippen LogP contribution in [0.4, 0.5) is 0 Å². The van der Waals surface area contributed by atoms with E-state index in [9.17, 15) is 14.4 Å². The Balaban J connectivity index is 2.20. The van der Waals surface area contributed by atoms with E-state index in [0.29, 0.717) is 11.1 Å². The van der Waals surface area contributed by atoms with Gasteiger partial charge in [-0.2, -0.15) is 0 Å². The van der Waals surface area contributed by atoms with Crippen molar-refractivity contribution in [1.82, 2.24) is 4.90 Å². The molecular weight excluding hydrogens is 322 g/mol. The van der Waals surface area contributed by atoms with Crippen molar-refractivity contribution in [3.63, 3.8) is 0 Å². The average Bonchev–Trinajstić information content (AvgIpc) is 2.92. The summed E-state index contributed by atoms with van der Waals surface area (Å²) in [5.74, 6) is 1.28. The largest absolute Gasteiger partial charge is 0.466 e. The number of amides is 1. The molecule has 25 heavy (non-hydrogen) atoms. The number of rotatable bonds is 7. The monoisotopic (exact) mass is 343 g/mol. The number of hydrogen-bond acceptors (Lipinski definition) is 5. The summed E-state index contributed by atoms with van der Waals surface area (Å²) < 4.78 is 9.98. The zero-order chi connectivity index (χ0) is 18.4. The summed E-state index contributed by atoms with van der Waals surface area (Å²) in [7, 11) is 0. The minimum absolute atomic E-state index is 0.0348. The van der Waals surface area contributed by atoms with E-state index in [1.54, 1.807) is 32.0 Å². The Kier molecular flexibility index (Phi) is 6.18. The fourth-order valence-corrected chi connectivity index (χ4v) is 2.79. The Hall–Kier alpha value is -2.81. The van der Waals surface area contributed by atoms with Gasteiger partial charge in [0.15, 0.2) is 0 Å². The minimum Gasteiger partial charge on any atom is -0.466 e. The Bertz CT molecular complexity index is 719. The second-order valence-corrected chi connectivity index (χ2v) is 5.56. The van der Waals surface area contributed by atoms with E-state index in [-0.39, 0.29) is 38.5 Å². The number of ether oxygens (including phenoxy) is 2. The summed E-state index contributed by atoms with van der Waals surface area (Å²) in [6.45, 7) is 4.16. The molecule has 132 valence electrons. The van der Waals surface area contributed by atoms with E-state index >= 15 is 0 Å². The molecule has 1 heterocycles. The molecule has 0 N–H and O–H groups in total. The number of benzene rings is 1. The molecule has 0 aliphatic carbocycles. The highest BCUT2D eigenvalue weighted by atomic mass is 16.5. The molecule has 6 nitrogen and oxygen atoms in total. The van der Waals surface area contributed by atoms with E-state index < -0.39 is 18.0 Å². The van der Waals surface area contributed by atoms with Crippen LogP contribution in [0.5, 0.6) is 0 Å². The smallest absolute Gasteiger partial charge is 0.328 e. The van der Waals surface area contributed by atoms with Crippen molar-refractivity contribution in [1.29, 1.82) is 0 Å². The van der Waals surface area contributed by atoms with Crippen molar-refractivity contribution in [3.05, 3.63) is 34.9 Å². The number of nitrogens with zero attached hydrogens (tertiary/aromatic N) is 1. The van der Waals surface area contributed by atoms with Gasteiger partial charge in [-0.3, -0.25) is 9.59 Å². The van der Waals surface area contributed by atoms with E-state index in [0.717, 1.165) is 5.56 Å². The Morgan fingerprint density at radius 3 is 2.64 bits per heavy atom. The van der Waals surface area contributed by atoms with E-state index in [1.165, 1.54) is 4.90 Å². The van der Waals surface area contributed by atoms with Crippen molar-refractivity contribution >= 4 is 17.8 Å². The predicted octanol–water partition coefficient (Wildman–Crippen LogP) is 1.90. The lowest BCUT2D eigenvalue weighted by molar-refractivity contribution is -0.150. The van der Waals surface area contributed by atoms with Crippen LogP contribution >= 0.6 is 0 Å². The third kappa shape index (κ3) is 4.18. The Morgan fingerprint density at radius 1 is 1.28 bits per heavy atom. The highest BCUT2D eigenvalue weighted by Gasteiger charge is 2.37. The lowest BCUT2D eigenvalue weighted by Crippen LogP contribution is -2.42. The van der Waals surface area contributed by atoms with Gasteiger partial charge in [0.25, 0.3) is 5.91 Å². The van der Waals surface area contributed by atoms with Crippen molar-refractivity contribution in [2.75, 3.05) is 13.2 Å². The van der Waals surface area contributed by atoms with Crippen molar-refractivity contribution < 1.29 is 23.9 Å². The number of fused-ring (bicyclic) bond motifs is 1. The SMILES string of the molecule is C#Cc1ccc2c(c1)C(=O)N([C@@H](CCC(=O)OCC)C(=O)OCC)C2. The second-order valence-electron chi connectivity index (χ2n) is 5.56. The number of terminal acetylenes is 1. The highest BCUT2D eigenvalue weighted by molar-refractivity contribution is 6.01. The molecule has 0 aromatic heterocycles. The van der Waals surface area contributed by atoms with E-state index in [2.05, 4.69) is 5.92 Å². The highest BCUT2D eigenvalue weighted by Crippen LogP contribution is 2.27. The molecular formula is C19H21NO5. The van der Waals surface area contributed by atoms with Gasteiger partial charge in [-0.05, 0) is 38.0 Å². The first kappa shape index (κ1) is 18.5. The summed E-state index contributed by atoms with van der Waals surface area (Å²) in [5, 5.41) is 0. The molecule has 1 aromatic carbocycles. The maximum absolute atomic E-state index is 12.7. The molecule has 0 radical (unpaired) electrons. The summed E-state index contributed by atoms with van der Waals surface area (Å²) >= 11 is 0. The zero-order valence-corrected chi connectivity index (χ0v) is 14.4. The van der Waals surface area contributed by atoms with Crippen molar-refractivity contribution in [3.8, 4) is 12.3 Å². The number of carbonyl (C=O) groups is 3. The summed E-state index contributed by atoms with van der Waals surface area (Å²) in [4.78, 5) is 38.1. The molecule has 0 fully saturated rings. The molecule has 0 saturated heterocycles. The maximum Gasteiger partial charge on any atom is 0.328 e. The molecule has 1 aliphatic rings. The van der Waals surface area contributed by atoms with Gasteiger partial charge < -0.3 is 14.4 Å². The molecule has 1 atom stereocenters. The third-order valence-electron chi connectivity index (χ3n) is 3.97. The molecule has 0 unspecified atom stereocenters. The van der Waals surface area contributed by atoms with Crippen LogP contribution in [0, 0.1) is 12.3 Å². The van der Waals surface area contributed by atoms with Gasteiger partial charge in [0.05, 0.1) is 13.2 Å². The normalized spacial score (nSPS) is 13.8. The second kappa shape index (κ2) is 8.34. The number of esters is 2. The van der Waals surface area contributed by atoms with Gasteiger partial charge in [-0.1, -0.05) is 12.0 Å². The third-order valence-corrected chi connectivity index (χ3v) is 3.97. The summed E-state index contributed by atoms with van der Waals surface area (Å²) in [6, 6.07) is 4.35. The van der Waals surface area contributed by atoms with Crippen molar-refractivity contribution in [2.45, 2.75) is 39.3 Å². The average molecular weight is 343 g/mol. The lowest BCUT2D eigenvalue weighted by atomic mass is 10.1. The predicted molar refractivity (Wildman–Crippen MR) is 90.5 cm³/mol. The van der Waals surface area contributed by atoms with Crippen LogP contribution in [0.2, 0.25) is 0 Å². The molecule has 1 aliphatic heterocycles. The number of hydrogen-bond donors (Lipinski definition) is 0. The molecule has 2 rings (SSSR count). The standard InChI is InChI=1S/C19H21NO5/c1-4-13-7-8-14-12-20(18(22)15(14)11-13)16(19(23)25-6-3)9-10-17(21)24-5-2/h1,7-8,11,16H,5-6,9-10,12H2,2-3H3/t16-/m0/s1. The van der Waals surface area contributed by atoms with Gasteiger partial charge in [0.1, 0.15) is 6.04 Å². The molecule has 1 amide bonds. The fourth-order valence-electron chi connectivity index (χ4n) is 2.79. The van der Waals surface area contributed by atoms with Crippen LogP contribution in [0.1, 0.15) is 48.2 Å². The van der Waals surface area contributed by atoms with Crippen LogP contribution in [-0.4, -0.2) is 42.0 Å². The van der Waals surface area contributed by atoms with Crippen LogP contribution in [0.15, 0.2) is 18.2 Å². The Labute approximate surface area is 147 Å². The minimum atomic E-state index is -0.835. The van der Waals surface area contributed by atoms with E-state index in [1.807, 2.05) is 0 Å². The van der Waals surface area contributed by atoms with Gasteiger partial charge in [0, 0.05) is 24.1 Å². The van der Waals surface area contributed by atoms with Gasteiger partial charge >= 0.3 is 11.9 Å². The summed E-state index contributed by atoms with van der Waals surface area (Å²) in [5.41, 5.74) is 1.89. The fraction of sp³-hybridized carbons (Fsp3) is 0.421. The first-order chi connectivity index (χ1) is 12.0. The van der Waals surface area contributed by atoms with E-state index in [4.69, 9.17) is 15.9 Å².